The molecule has 6 rings (SSSR count). The Kier molecular flexibility index (Phi) is 9.19. The van der Waals surface area contributed by atoms with Crippen LogP contribution in [0.3, 0.4) is 0 Å². The number of benzene rings is 3. The molecule has 0 saturated heterocycles. The lowest BCUT2D eigenvalue weighted by Crippen LogP contribution is -2.05. The molecular formula is C31H24F6N6O4S. The first kappa shape index (κ1) is 33.9. The van der Waals surface area contributed by atoms with Gasteiger partial charge in [-0.1, -0.05) is 17.7 Å². The van der Waals surface area contributed by atoms with Gasteiger partial charge in [0.15, 0.2) is 5.82 Å². The predicted molar refractivity (Wildman–Crippen MR) is 163 cm³/mol. The molecule has 0 radical (unpaired) electrons. The third kappa shape index (κ3) is 8.10. The monoisotopic (exact) mass is 690 g/mol. The number of imidazole rings is 2. The second-order valence-electron chi connectivity index (χ2n) is 10.3. The maximum Gasteiger partial charge on any atom is 0.432 e. The molecule has 3 aromatic heterocycles. The number of aromatic amines is 1. The zero-order valence-electron chi connectivity index (χ0n) is 24.8. The summed E-state index contributed by atoms with van der Waals surface area (Å²) >= 11 is 0. The van der Waals surface area contributed by atoms with Crippen LogP contribution in [0.2, 0.25) is 0 Å². The molecule has 0 spiro atoms. The van der Waals surface area contributed by atoms with E-state index in [1.165, 1.54) is 42.6 Å². The van der Waals surface area contributed by atoms with Crippen LogP contribution in [-0.2, 0) is 29.5 Å². The minimum absolute atomic E-state index is 0.0584. The Morgan fingerprint density at radius 3 is 2.12 bits per heavy atom. The summed E-state index contributed by atoms with van der Waals surface area (Å²) in [4.78, 5) is 14.4. The molecule has 3 heterocycles. The Balaban J connectivity index is 0.000000349. The molecule has 250 valence electrons. The molecule has 0 atom stereocenters. The van der Waals surface area contributed by atoms with Gasteiger partial charge in [-0.15, -0.1) is 0 Å². The predicted octanol–water partition coefficient (Wildman–Crippen LogP) is 8.17. The highest BCUT2D eigenvalue weighted by Gasteiger charge is 2.33. The van der Waals surface area contributed by atoms with Crippen LogP contribution in [-0.4, -0.2) is 37.5 Å². The molecule has 0 aliphatic rings. The highest BCUT2D eigenvalue weighted by molar-refractivity contribution is 7.85. The van der Waals surface area contributed by atoms with Crippen LogP contribution in [0.15, 0.2) is 96.2 Å². The topological polar surface area (TPSA) is 135 Å². The van der Waals surface area contributed by atoms with Gasteiger partial charge in [-0.05, 0) is 61.5 Å². The van der Waals surface area contributed by atoms with Gasteiger partial charge in [0, 0.05) is 31.1 Å². The normalized spacial score (nSPS) is 12.0. The van der Waals surface area contributed by atoms with Gasteiger partial charge in [0.1, 0.15) is 22.9 Å². The van der Waals surface area contributed by atoms with Crippen LogP contribution < -0.4 is 10.1 Å². The van der Waals surface area contributed by atoms with E-state index in [1.54, 1.807) is 41.9 Å². The number of fused-ring (bicyclic) bond motifs is 1. The van der Waals surface area contributed by atoms with Crippen molar-refractivity contribution < 1.29 is 44.0 Å². The van der Waals surface area contributed by atoms with E-state index in [1.807, 2.05) is 6.92 Å². The van der Waals surface area contributed by atoms with Crippen LogP contribution in [0.25, 0.3) is 22.6 Å². The number of pyridine rings is 1. The van der Waals surface area contributed by atoms with Crippen LogP contribution >= 0.6 is 0 Å². The molecule has 48 heavy (non-hydrogen) atoms. The number of hydrogen-bond donors (Lipinski definition) is 3. The van der Waals surface area contributed by atoms with Crippen molar-refractivity contribution in [2.45, 2.75) is 24.2 Å². The van der Waals surface area contributed by atoms with Crippen LogP contribution in [0.5, 0.6) is 11.5 Å². The standard InChI is InChI=1S/C24H16F6N6O.C7H8O3S/c1-36-19-7-6-15(10-17(19)34-22(36)33-14-4-2-13(3-5-14)23(25,26)27)37-16-8-9-31-18(11-16)21-32-12-20(35-21)24(28,29)30;1-6-2-4-7(5-3-6)11(8,9)10/h2-12H,1H3,(H,32,35)(H,33,34);2-5H,1H3,(H,8,9,10). The zero-order chi connectivity index (χ0) is 34.9. The van der Waals surface area contributed by atoms with Crippen molar-refractivity contribution in [2.24, 2.45) is 7.05 Å². The first-order valence-electron chi connectivity index (χ1n) is 13.7. The first-order chi connectivity index (χ1) is 22.5. The fourth-order valence-corrected chi connectivity index (χ4v) is 4.75. The first-order valence-corrected chi connectivity index (χ1v) is 15.1. The number of rotatable bonds is 6. The summed E-state index contributed by atoms with van der Waals surface area (Å²) in [5, 5.41) is 2.99. The summed E-state index contributed by atoms with van der Waals surface area (Å²) in [7, 11) is -2.27. The average Bonchev–Trinajstić information content (AvgIpc) is 3.63. The van der Waals surface area contributed by atoms with Gasteiger partial charge in [-0.3, -0.25) is 9.54 Å². The van der Waals surface area contributed by atoms with Crippen molar-refractivity contribution in [3.05, 3.63) is 108 Å². The van der Waals surface area contributed by atoms with Gasteiger partial charge in [-0.25, -0.2) is 9.97 Å². The molecule has 6 aromatic rings. The molecule has 0 amide bonds. The second-order valence-corrected chi connectivity index (χ2v) is 11.7. The lowest BCUT2D eigenvalue weighted by atomic mass is 10.2. The molecule has 3 aromatic carbocycles. The molecule has 0 unspecified atom stereocenters. The third-order valence-electron chi connectivity index (χ3n) is 6.73. The number of nitrogens with zero attached hydrogens (tertiary/aromatic N) is 4. The minimum atomic E-state index is -4.56. The molecule has 17 heteroatoms. The number of ether oxygens (including phenoxy) is 1. The van der Waals surface area contributed by atoms with E-state index in [0.717, 1.165) is 23.2 Å². The maximum absolute atomic E-state index is 12.9. The summed E-state index contributed by atoms with van der Waals surface area (Å²) in [5.41, 5.74) is 1.08. The summed E-state index contributed by atoms with van der Waals surface area (Å²) in [5.74, 6) is 1.06. The molecule has 0 bridgehead atoms. The van der Waals surface area contributed by atoms with Gasteiger partial charge in [0.05, 0.1) is 27.7 Å². The minimum Gasteiger partial charge on any atom is -0.457 e. The highest BCUT2D eigenvalue weighted by Crippen LogP contribution is 2.33. The van der Waals surface area contributed by atoms with Crippen LogP contribution in [0, 0.1) is 6.92 Å². The number of hydrogen-bond acceptors (Lipinski definition) is 7. The van der Waals surface area contributed by atoms with E-state index in [0.29, 0.717) is 34.8 Å². The lowest BCUT2D eigenvalue weighted by molar-refractivity contribution is -0.141. The molecule has 0 fully saturated rings. The maximum atomic E-state index is 12.9. The van der Waals surface area contributed by atoms with E-state index in [4.69, 9.17) is 9.29 Å². The fourth-order valence-electron chi connectivity index (χ4n) is 4.27. The van der Waals surface area contributed by atoms with Gasteiger partial charge in [0.2, 0.25) is 5.95 Å². The van der Waals surface area contributed by atoms with Gasteiger partial charge < -0.3 is 19.6 Å². The Bertz CT molecular complexity index is 2160. The zero-order valence-corrected chi connectivity index (χ0v) is 25.6. The number of nitrogens with one attached hydrogen (secondary N) is 2. The van der Waals surface area contributed by atoms with Crippen molar-refractivity contribution in [1.82, 2.24) is 24.5 Å². The largest absolute Gasteiger partial charge is 0.457 e. The highest BCUT2D eigenvalue weighted by atomic mass is 32.2. The number of aromatic nitrogens is 5. The molecular weight excluding hydrogens is 666 g/mol. The number of alkyl halides is 6. The summed E-state index contributed by atoms with van der Waals surface area (Å²) in [6, 6.07) is 18.6. The average molecular weight is 691 g/mol. The summed E-state index contributed by atoms with van der Waals surface area (Å²) in [6.07, 6.45) is -6.91. The van der Waals surface area contributed by atoms with E-state index >= 15 is 0 Å². The second kappa shape index (κ2) is 13.0. The molecule has 0 saturated carbocycles. The van der Waals surface area contributed by atoms with Crippen molar-refractivity contribution in [1.29, 1.82) is 0 Å². The van der Waals surface area contributed by atoms with Crippen LogP contribution in [0.1, 0.15) is 16.8 Å². The Morgan fingerprint density at radius 1 is 0.854 bits per heavy atom. The number of H-pyrrole nitrogens is 1. The van der Waals surface area contributed by atoms with Crippen molar-refractivity contribution in [2.75, 3.05) is 5.32 Å². The Labute approximate surface area is 268 Å². The molecule has 0 aliphatic carbocycles. The lowest BCUT2D eigenvalue weighted by Gasteiger charge is -2.09. The van der Waals surface area contributed by atoms with Gasteiger partial charge >= 0.3 is 12.4 Å². The Hall–Kier alpha value is -5.42. The summed E-state index contributed by atoms with van der Waals surface area (Å²) in [6.45, 7) is 1.84. The van der Waals surface area contributed by atoms with Gasteiger partial charge in [-0.2, -0.15) is 34.8 Å². The van der Waals surface area contributed by atoms with E-state index in [9.17, 15) is 34.8 Å². The summed E-state index contributed by atoms with van der Waals surface area (Å²) < 4.78 is 114. The van der Waals surface area contributed by atoms with E-state index in [-0.39, 0.29) is 16.4 Å². The molecule has 3 N–H and O–H groups in total. The third-order valence-corrected chi connectivity index (χ3v) is 7.60. The SMILES string of the molecule is Cc1ccc(S(=O)(=O)O)cc1.Cn1c(Nc2ccc(C(F)(F)F)cc2)nc2cc(Oc3ccnc(-c4ncc(C(F)(F)F)[nH]4)c3)ccc21. The van der Waals surface area contributed by atoms with Crippen molar-refractivity contribution >= 4 is 32.8 Å². The molecule has 10 nitrogen and oxygen atoms in total. The van der Waals surface area contributed by atoms with E-state index < -0.39 is 33.7 Å². The quantitative estimate of drug-likeness (QED) is 0.118. The number of halogens is 6. The number of aryl methyl sites for hydroxylation is 2. The molecule has 0 aliphatic heterocycles. The van der Waals surface area contributed by atoms with Crippen molar-refractivity contribution in [3.63, 3.8) is 0 Å². The fraction of sp³-hybridized carbons (Fsp3) is 0.129. The Morgan fingerprint density at radius 2 is 1.52 bits per heavy atom. The van der Waals surface area contributed by atoms with Crippen LogP contribution in [0.4, 0.5) is 38.0 Å². The van der Waals surface area contributed by atoms with Crippen molar-refractivity contribution in [3.8, 4) is 23.0 Å². The van der Waals surface area contributed by atoms with Gasteiger partial charge in [0.25, 0.3) is 10.1 Å². The smallest absolute Gasteiger partial charge is 0.432 e. The number of anilines is 2. The van der Waals surface area contributed by atoms with E-state index in [2.05, 4.69) is 25.3 Å².